The lowest BCUT2D eigenvalue weighted by molar-refractivity contribution is 0.0690. The minimum atomic E-state index is -1.03. The summed E-state index contributed by atoms with van der Waals surface area (Å²) in [4.78, 5) is 14.1. The van der Waals surface area contributed by atoms with Gasteiger partial charge in [-0.2, -0.15) is 0 Å². The third kappa shape index (κ3) is 2.88. The van der Waals surface area contributed by atoms with Crippen LogP contribution in [-0.2, 0) is 0 Å². The molecule has 66 valence electrons. The molecule has 1 heterocycles. The van der Waals surface area contributed by atoms with Crippen molar-refractivity contribution in [3.8, 4) is 11.8 Å². The van der Waals surface area contributed by atoms with Crippen molar-refractivity contribution in [1.29, 1.82) is 0 Å². The largest absolute Gasteiger partial charge is 0.477 e. The van der Waals surface area contributed by atoms with Crippen LogP contribution in [0.15, 0.2) is 18.3 Å². The third-order valence-corrected chi connectivity index (χ3v) is 1.56. The summed E-state index contributed by atoms with van der Waals surface area (Å²) in [7, 11) is 0. The molecule has 0 saturated heterocycles. The van der Waals surface area contributed by atoms with Gasteiger partial charge in [-0.3, -0.25) is 0 Å². The topological polar surface area (TPSA) is 50.2 Å². The van der Waals surface area contributed by atoms with Crippen molar-refractivity contribution in [3.05, 3.63) is 29.6 Å². The molecule has 0 aliphatic rings. The molecule has 0 aliphatic carbocycles. The van der Waals surface area contributed by atoms with Gasteiger partial charge in [0.1, 0.15) is 5.69 Å². The Kier molecular flexibility index (Phi) is 3.47. The van der Waals surface area contributed by atoms with E-state index in [4.69, 9.17) is 5.11 Å². The van der Waals surface area contributed by atoms with Crippen molar-refractivity contribution in [3.63, 3.8) is 0 Å². The van der Waals surface area contributed by atoms with Crippen LogP contribution in [0.3, 0.4) is 0 Å². The Bertz CT molecular complexity index is 361. The van der Waals surface area contributed by atoms with Crippen molar-refractivity contribution < 1.29 is 9.90 Å². The first-order valence-electron chi connectivity index (χ1n) is 3.48. The fourth-order valence-corrected chi connectivity index (χ4v) is 0.870. The molecule has 13 heavy (non-hydrogen) atoms. The summed E-state index contributed by atoms with van der Waals surface area (Å²) >= 11 is 3.16. The summed E-state index contributed by atoms with van der Waals surface area (Å²) in [5.41, 5.74) is 0.744. The van der Waals surface area contributed by atoms with E-state index >= 15 is 0 Å². The Hall–Kier alpha value is -1.34. The second kappa shape index (κ2) is 4.63. The predicted octanol–water partition coefficient (Wildman–Crippen LogP) is 1.53. The predicted molar refractivity (Wildman–Crippen MR) is 51.9 cm³/mol. The number of aromatic nitrogens is 1. The zero-order valence-electron chi connectivity index (χ0n) is 6.62. The molecule has 1 N–H and O–H groups in total. The average molecular weight is 240 g/mol. The highest BCUT2D eigenvalue weighted by Crippen LogP contribution is 1.98. The number of hydrogen-bond acceptors (Lipinski definition) is 2. The number of pyridine rings is 1. The minimum absolute atomic E-state index is 0.0318. The first-order valence-corrected chi connectivity index (χ1v) is 4.60. The fraction of sp³-hybridized carbons (Fsp3) is 0.111. The van der Waals surface area contributed by atoms with E-state index in [-0.39, 0.29) is 5.69 Å². The Morgan fingerprint density at radius 3 is 2.85 bits per heavy atom. The highest BCUT2D eigenvalue weighted by Gasteiger charge is 2.01. The molecular formula is C9H6BrNO2. The van der Waals surface area contributed by atoms with E-state index in [1.165, 1.54) is 12.3 Å². The first kappa shape index (κ1) is 9.75. The number of hydrogen-bond donors (Lipinski definition) is 1. The number of halogens is 1. The fourth-order valence-electron chi connectivity index (χ4n) is 0.730. The van der Waals surface area contributed by atoms with E-state index in [1.54, 1.807) is 6.07 Å². The molecule has 1 aromatic heterocycles. The van der Waals surface area contributed by atoms with Crippen LogP contribution in [-0.4, -0.2) is 21.4 Å². The lowest BCUT2D eigenvalue weighted by Gasteiger charge is -1.92. The minimum Gasteiger partial charge on any atom is -0.477 e. The molecule has 0 saturated carbocycles. The molecule has 0 aliphatic heterocycles. The van der Waals surface area contributed by atoms with Gasteiger partial charge in [0, 0.05) is 11.8 Å². The number of carbonyl (C=O) groups is 1. The van der Waals surface area contributed by atoms with Gasteiger partial charge < -0.3 is 5.11 Å². The van der Waals surface area contributed by atoms with E-state index in [0.29, 0.717) is 10.9 Å². The van der Waals surface area contributed by atoms with Crippen LogP contribution in [0.4, 0.5) is 0 Å². The second-order valence-corrected chi connectivity index (χ2v) is 2.73. The lowest BCUT2D eigenvalue weighted by atomic mass is 10.2. The Morgan fingerprint density at radius 1 is 1.62 bits per heavy atom. The molecule has 0 spiro atoms. The van der Waals surface area contributed by atoms with E-state index in [2.05, 4.69) is 32.8 Å². The number of nitrogens with zero attached hydrogens (tertiary/aromatic N) is 1. The van der Waals surface area contributed by atoms with E-state index in [1.807, 2.05) is 0 Å². The molecule has 0 aromatic carbocycles. The molecule has 0 amide bonds. The summed E-state index contributed by atoms with van der Waals surface area (Å²) < 4.78 is 0. The summed E-state index contributed by atoms with van der Waals surface area (Å²) in [5.74, 6) is 4.57. The van der Waals surface area contributed by atoms with Crippen molar-refractivity contribution >= 4 is 21.9 Å². The van der Waals surface area contributed by atoms with Crippen LogP contribution >= 0.6 is 15.9 Å². The summed E-state index contributed by atoms with van der Waals surface area (Å²) in [6.45, 7) is 0. The monoisotopic (exact) mass is 239 g/mol. The summed E-state index contributed by atoms with van der Waals surface area (Å²) in [6, 6.07) is 3.06. The van der Waals surface area contributed by atoms with Crippen LogP contribution < -0.4 is 0 Å². The van der Waals surface area contributed by atoms with Gasteiger partial charge in [0.25, 0.3) is 0 Å². The quantitative estimate of drug-likeness (QED) is 0.598. The van der Waals surface area contributed by atoms with E-state index in [9.17, 15) is 4.79 Å². The van der Waals surface area contributed by atoms with Gasteiger partial charge in [0.15, 0.2) is 0 Å². The van der Waals surface area contributed by atoms with Gasteiger partial charge >= 0.3 is 5.97 Å². The smallest absolute Gasteiger partial charge is 0.354 e. The maximum absolute atomic E-state index is 10.4. The molecule has 1 aromatic rings. The van der Waals surface area contributed by atoms with E-state index in [0.717, 1.165) is 0 Å². The zero-order chi connectivity index (χ0) is 9.68. The van der Waals surface area contributed by atoms with Gasteiger partial charge in [-0.15, -0.1) is 0 Å². The summed E-state index contributed by atoms with van der Waals surface area (Å²) in [6.07, 6.45) is 1.44. The van der Waals surface area contributed by atoms with Crippen LogP contribution in [0.1, 0.15) is 16.1 Å². The molecule has 0 radical (unpaired) electrons. The van der Waals surface area contributed by atoms with Gasteiger partial charge in [-0.25, -0.2) is 9.78 Å². The SMILES string of the molecule is O=C(O)c1ccc(C#CCBr)cn1. The maximum Gasteiger partial charge on any atom is 0.354 e. The van der Waals surface area contributed by atoms with Crippen molar-refractivity contribution in [2.24, 2.45) is 0 Å². The van der Waals surface area contributed by atoms with Gasteiger partial charge in [-0.1, -0.05) is 27.8 Å². The van der Waals surface area contributed by atoms with Crippen molar-refractivity contribution in [2.45, 2.75) is 0 Å². The zero-order valence-corrected chi connectivity index (χ0v) is 8.21. The third-order valence-electron chi connectivity index (χ3n) is 1.28. The van der Waals surface area contributed by atoms with Gasteiger partial charge in [-0.05, 0) is 12.1 Å². The highest BCUT2D eigenvalue weighted by molar-refractivity contribution is 9.09. The van der Waals surface area contributed by atoms with Crippen LogP contribution in [0, 0.1) is 11.8 Å². The number of rotatable bonds is 1. The standard InChI is InChI=1S/C9H6BrNO2/c10-5-1-2-7-3-4-8(9(12)13)11-6-7/h3-4,6H,5H2,(H,12,13). The molecule has 4 heteroatoms. The lowest BCUT2D eigenvalue weighted by Crippen LogP contribution is -1.99. The first-order chi connectivity index (χ1) is 6.24. The molecule has 0 atom stereocenters. The number of carboxylic acids is 1. The summed E-state index contributed by atoms with van der Waals surface area (Å²) in [5, 5.41) is 9.14. The van der Waals surface area contributed by atoms with E-state index < -0.39 is 5.97 Å². The molecule has 1 rings (SSSR count). The average Bonchev–Trinajstić information content (AvgIpc) is 2.15. The van der Waals surface area contributed by atoms with Crippen LogP contribution in [0.25, 0.3) is 0 Å². The number of carboxylic acid groups (broad SMARTS) is 1. The van der Waals surface area contributed by atoms with Gasteiger partial charge in [0.05, 0.1) is 5.33 Å². The van der Waals surface area contributed by atoms with Crippen LogP contribution in [0.5, 0.6) is 0 Å². The van der Waals surface area contributed by atoms with Crippen LogP contribution in [0.2, 0.25) is 0 Å². The molecule has 0 bridgehead atoms. The molecular weight excluding hydrogens is 234 g/mol. The number of aromatic carboxylic acids is 1. The highest BCUT2D eigenvalue weighted by atomic mass is 79.9. The molecule has 0 fully saturated rings. The molecule has 0 unspecified atom stereocenters. The Balaban J connectivity index is 2.87. The maximum atomic E-state index is 10.4. The number of alkyl halides is 1. The normalized spacial score (nSPS) is 8.69. The van der Waals surface area contributed by atoms with Crippen molar-refractivity contribution in [2.75, 3.05) is 5.33 Å². The van der Waals surface area contributed by atoms with Gasteiger partial charge in [0.2, 0.25) is 0 Å². The van der Waals surface area contributed by atoms with Crippen molar-refractivity contribution in [1.82, 2.24) is 4.98 Å². The Labute approximate surface area is 83.9 Å². The Morgan fingerprint density at radius 2 is 2.38 bits per heavy atom. The second-order valence-electron chi connectivity index (χ2n) is 2.17. The molecule has 3 nitrogen and oxygen atoms in total.